The van der Waals surface area contributed by atoms with Gasteiger partial charge >= 0.3 is 0 Å². The number of hydrogen-bond acceptors (Lipinski definition) is 4. The molecule has 0 fully saturated rings. The number of benzene rings is 1. The Labute approximate surface area is 159 Å². The third-order valence-corrected chi connectivity index (χ3v) is 6.58. The van der Waals surface area contributed by atoms with E-state index in [4.69, 9.17) is 11.6 Å². The zero-order valence-corrected chi connectivity index (χ0v) is 16.5. The van der Waals surface area contributed by atoms with Crippen molar-refractivity contribution in [1.82, 2.24) is 14.6 Å². The molecule has 1 aromatic carbocycles. The number of hydrogen-bond donors (Lipinski definition) is 1. The van der Waals surface area contributed by atoms with Gasteiger partial charge in [0.25, 0.3) is 5.91 Å². The Bertz CT molecular complexity index is 869. The molecule has 1 aromatic heterocycles. The summed E-state index contributed by atoms with van der Waals surface area (Å²) in [5.74, 6) is -0.381. The number of nitrogens with zero attached hydrogens (tertiary/aromatic N) is 2. The van der Waals surface area contributed by atoms with Crippen molar-refractivity contribution in [2.45, 2.75) is 31.7 Å². The van der Waals surface area contributed by atoms with E-state index in [-0.39, 0.29) is 27.4 Å². The van der Waals surface area contributed by atoms with Crippen LogP contribution in [0.3, 0.4) is 0 Å². The molecule has 0 aliphatic rings. The molecule has 140 valence electrons. The monoisotopic (exact) mass is 395 g/mol. The molecule has 0 aliphatic carbocycles. The highest BCUT2D eigenvalue weighted by Crippen LogP contribution is 2.26. The lowest BCUT2D eigenvalue weighted by Gasteiger charge is -2.20. The minimum Gasteiger partial charge on any atom is -0.345 e. The highest BCUT2D eigenvalue weighted by Gasteiger charge is 2.25. The molecule has 2 aromatic rings. The van der Waals surface area contributed by atoms with E-state index in [9.17, 15) is 13.2 Å². The first-order valence-corrected chi connectivity index (χ1v) is 10.1. The predicted molar refractivity (Wildman–Crippen MR) is 102 cm³/mol. The normalized spacial score (nSPS) is 12.8. The van der Waals surface area contributed by atoms with Crippen LogP contribution in [0.15, 0.2) is 47.6 Å². The Morgan fingerprint density at radius 3 is 2.54 bits per heavy atom. The third-order valence-electron chi connectivity index (χ3n) is 4.05. The zero-order valence-electron chi connectivity index (χ0n) is 14.9. The van der Waals surface area contributed by atoms with Crippen LogP contribution in [-0.4, -0.2) is 36.7 Å². The van der Waals surface area contributed by atoms with Crippen molar-refractivity contribution in [3.63, 3.8) is 0 Å². The second-order valence-electron chi connectivity index (χ2n) is 5.72. The van der Waals surface area contributed by atoms with Crippen molar-refractivity contribution in [3.8, 4) is 0 Å². The lowest BCUT2D eigenvalue weighted by atomic mass is 10.1. The molecule has 6 nitrogen and oxygen atoms in total. The van der Waals surface area contributed by atoms with E-state index in [1.165, 1.54) is 22.5 Å². The summed E-state index contributed by atoms with van der Waals surface area (Å²) in [6.45, 7) is 5.98. The van der Waals surface area contributed by atoms with Crippen molar-refractivity contribution >= 4 is 27.5 Å². The number of carbonyl (C=O) groups is 1. The number of pyridine rings is 1. The topological polar surface area (TPSA) is 79.4 Å². The molecule has 8 heteroatoms. The van der Waals surface area contributed by atoms with Crippen LogP contribution in [0.1, 0.15) is 42.7 Å². The molecular weight excluding hydrogens is 374 g/mol. The van der Waals surface area contributed by atoms with E-state index in [1.54, 1.807) is 32.3 Å². The van der Waals surface area contributed by atoms with E-state index in [2.05, 4.69) is 10.3 Å². The summed E-state index contributed by atoms with van der Waals surface area (Å²) in [4.78, 5) is 16.5. The Morgan fingerprint density at radius 2 is 1.96 bits per heavy atom. The van der Waals surface area contributed by atoms with Crippen molar-refractivity contribution < 1.29 is 13.2 Å². The molecule has 0 bridgehead atoms. The Morgan fingerprint density at radius 1 is 1.27 bits per heavy atom. The van der Waals surface area contributed by atoms with Gasteiger partial charge in [-0.05, 0) is 36.8 Å². The van der Waals surface area contributed by atoms with Gasteiger partial charge in [-0.2, -0.15) is 4.31 Å². The number of rotatable bonds is 7. The maximum atomic E-state index is 12.7. The summed E-state index contributed by atoms with van der Waals surface area (Å²) >= 11 is 6.10. The minimum absolute atomic E-state index is 0.0652. The van der Waals surface area contributed by atoms with Crippen molar-refractivity contribution in [1.29, 1.82) is 0 Å². The first-order valence-electron chi connectivity index (χ1n) is 8.31. The average Bonchev–Trinajstić information content (AvgIpc) is 2.63. The van der Waals surface area contributed by atoms with E-state index in [1.807, 2.05) is 13.0 Å². The summed E-state index contributed by atoms with van der Waals surface area (Å²) in [6, 6.07) is 7.64. The van der Waals surface area contributed by atoms with Gasteiger partial charge in [0.2, 0.25) is 10.0 Å². The molecule has 0 spiro atoms. The number of sulfonamides is 1. The van der Waals surface area contributed by atoms with E-state index in [0.29, 0.717) is 13.1 Å². The summed E-state index contributed by atoms with van der Waals surface area (Å²) in [7, 11) is -3.76. The first kappa shape index (κ1) is 20.4. The van der Waals surface area contributed by atoms with Crippen LogP contribution in [0.5, 0.6) is 0 Å². The van der Waals surface area contributed by atoms with Gasteiger partial charge in [-0.3, -0.25) is 9.78 Å². The molecule has 1 N–H and O–H groups in total. The molecule has 1 unspecified atom stereocenters. The standard InChI is InChI=1S/C18H22ClN3O3S/c1-4-22(5-2)26(24,25)17-11-14(8-9-16(17)19)18(23)21-13(3)15-7-6-10-20-12-15/h6-13H,4-5H2,1-3H3,(H,21,23). The fourth-order valence-corrected chi connectivity index (χ4v) is 4.50. The largest absolute Gasteiger partial charge is 0.345 e. The molecule has 2 rings (SSSR count). The Hall–Kier alpha value is -1.96. The summed E-state index contributed by atoms with van der Waals surface area (Å²) in [5, 5.41) is 2.93. The van der Waals surface area contributed by atoms with Crippen molar-refractivity contribution in [2.24, 2.45) is 0 Å². The zero-order chi connectivity index (χ0) is 19.3. The maximum Gasteiger partial charge on any atom is 0.251 e. The van der Waals surface area contributed by atoms with E-state index in [0.717, 1.165) is 5.56 Å². The fraction of sp³-hybridized carbons (Fsp3) is 0.333. The highest BCUT2D eigenvalue weighted by molar-refractivity contribution is 7.89. The molecule has 0 saturated heterocycles. The molecule has 1 heterocycles. The van der Waals surface area contributed by atoms with Crippen LogP contribution in [0, 0.1) is 0 Å². The van der Waals surface area contributed by atoms with Crippen LogP contribution in [0.4, 0.5) is 0 Å². The van der Waals surface area contributed by atoms with Crippen LogP contribution >= 0.6 is 11.6 Å². The molecule has 0 saturated carbocycles. The SMILES string of the molecule is CCN(CC)S(=O)(=O)c1cc(C(=O)NC(C)c2cccnc2)ccc1Cl. The quantitative estimate of drug-likeness (QED) is 0.780. The number of carbonyl (C=O) groups excluding carboxylic acids is 1. The maximum absolute atomic E-state index is 12.7. The number of aromatic nitrogens is 1. The van der Waals surface area contributed by atoms with Gasteiger partial charge in [-0.1, -0.05) is 31.5 Å². The molecule has 1 atom stereocenters. The van der Waals surface area contributed by atoms with Crippen LogP contribution in [-0.2, 0) is 10.0 Å². The Balaban J connectivity index is 2.30. The lowest BCUT2D eigenvalue weighted by Crippen LogP contribution is -2.31. The predicted octanol–water partition coefficient (Wildman–Crippen LogP) is 3.26. The van der Waals surface area contributed by atoms with Crippen LogP contribution in [0.2, 0.25) is 5.02 Å². The highest BCUT2D eigenvalue weighted by atomic mass is 35.5. The van der Waals surface area contributed by atoms with Gasteiger partial charge in [0.15, 0.2) is 0 Å². The minimum atomic E-state index is -3.76. The summed E-state index contributed by atoms with van der Waals surface area (Å²) in [6.07, 6.45) is 3.32. The lowest BCUT2D eigenvalue weighted by molar-refractivity contribution is 0.0939. The van der Waals surface area contributed by atoms with Gasteiger partial charge in [-0.15, -0.1) is 0 Å². The molecular formula is C18H22ClN3O3S. The van der Waals surface area contributed by atoms with Gasteiger partial charge in [-0.25, -0.2) is 8.42 Å². The summed E-state index contributed by atoms with van der Waals surface area (Å²) < 4.78 is 26.8. The smallest absolute Gasteiger partial charge is 0.251 e. The second kappa shape index (κ2) is 8.62. The van der Waals surface area contributed by atoms with Crippen LogP contribution in [0.25, 0.3) is 0 Å². The second-order valence-corrected chi connectivity index (χ2v) is 8.03. The number of nitrogens with one attached hydrogen (secondary N) is 1. The van der Waals surface area contributed by atoms with Gasteiger partial charge in [0.1, 0.15) is 4.90 Å². The summed E-state index contributed by atoms with van der Waals surface area (Å²) in [5.41, 5.74) is 1.08. The van der Waals surface area contributed by atoms with Gasteiger partial charge < -0.3 is 5.32 Å². The van der Waals surface area contributed by atoms with E-state index < -0.39 is 10.0 Å². The molecule has 1 amide bonds. The average molecular weight is 396 g/mol. The number of halogens is 1. The van der Waals surface area contributed by atoms with Gasteiger partial charge in [0.05, 0.1) is 11.1 Å². The fourth-order valence-electron chi connectivity index (χ4n) is 2.54. The van der Waals surface area contributed by atoms with Crippen molar-refractivity contribution in [3.05, 3.63) is 58.9 Å². The van der Waals surface area contributed by atoms with Crippen molar-refractivity contribution in [2.75, 3.05) is 13.1 Å². The van der Waals surface area contributed by atoms with E-state index >= 15 is 0 Å². The third kappa shape index (κ3) is 4.41. The Kier molecular flexibility index (Phi) is 6.75. The van der Waals surface area contributed by atoms with Crippen LogP contribution < -0.4 is 5.32 Å². The number of amides is 1. The first-order chi connectivity index (χ1) is 12.3. The van der Waals surface area contributed by atoms with Gasteiger partial charge in [0, 0.05) is 31.0 Å². The molecule has 0 radical (unpaired) electrons. The molecule has 26 heavy (non-hydrogen) atoms. The molecule has 0 aliphatic heterocycles.